The van der Waals surface area contributed by atoms with Crippen molar-refractivity contribution in [2.45, 2.75) is 6.42 Å². The van der Waals surface area contributed by atoms with Gasteiger partial charge in [0, 0.05) is 34.7 Å². The molecule has 0 saturated heterocycles. The zero-order chi connectivity index (χ0) is 15.5. The molecule has 0 saturated carbocycles. The molecule has 2 aromatic heterocycles. The number of amides is 1. The molecular weight excluding hydrogens is 364 g/mol. The average Bonchev–Trinajstić information content (AvgIpc) is 3.08. The lowest BCUT2D eigenvalue weighted by atomic mass is 10.2. The Balaban J connectivity index is 1.67. The number of carbonyl (C=O) groups is 1. The van der Waals surface area contributed by atoms with Crippen molar-refractivity contribution in [1.82, 2.24) is 14.8 Å². The summed E-state index contributed by atoms with van der Waals surface area (Å²) in [7, 11) is 1.81. The van der Waals surface area contributed by atoms with Crippen LogP contribution in [-0.2, 0) is 18.3 Å². The Labute approximate surface area is 140 Å². The third-order valence-corrected chi connectivity index (χ3v) is 4.38. The van der Waals surface area contributed by atoms with E-state index in [1.165, 1.54) is 11.3 Å². The highest BCUT2D eigenvalue weighted by Gasteiger charge is 2.10. The SMILES string of the molecule is Cn1ccc(NC(=O)Cc2csc(-c3cccc(Br)c3)n2)n1. The van der Waals surface area contributed by atoms with Crippen LogP contribution in [-0.4, -0.2) is 20.7 Å². The molecule has 0 bridgehead atoms. The number of thiazole rings is 1. The van der Waals surface area contributed by atoms with Crippen LogP contribution >= 0.6 is 27.3 Å². The predicted octanol–water partition coefficient (Wildman–Crippen LogP) is 3.49. The van der Waals surface area contributed by atoms with E-state index in [2.05, 4.69) is 31.3 Å². The molecule has 5 nitrogen and oxygen atoms in total. The quantitative estimate of drug-likeness (QED) is 0.757. The Hall–Kier alpha value is -1.99. The molecule has 22 heavy (non-hydrogen) atoms. The summed E-state index contributed by atoms with van der Waals surface area (Å²) in [5, 5.41) is 9.69. The van der Waals surface area contributed by atoms with Crippen LogP contribution < -0.4 is 5.32 Å². The second-order valence-electron chi connectivity index (χ2n) is 4.75. The van der Waals surface area contributed by atoms with E-state index in [9.17, 15) is 4.79 Å². The molecule has 0 aliphatic rings. The van der Waals surface area contributed by atoms with Crippen LogP contribution in [0.3, 0.4) is 0 Å². The van der Waals surface area contributed by atoms with Crippen molar-refractivity contribution in [3.8, 4) is 10.6 Å². The van der Waals surface area contributed by atoms with Gasteiger partial charge < -0.3 is 5.32 Å². The first kappa shape index (κ1) is 14.9. The van der Waals surface area contributed by atoms with Gasteiger partial charge in [-0.2, -0.15) is 5.10 Å². The van der Waals surface area contributed by atoms with Crippen LogP contribution in [0.2, 0.25) is 0 Å². The smallest absolute Gasteiger partial charge is 0.231 e. The summed E-state index contributed by atoms with van der Waals surface area (Å²) in [5.41, 5.74) is 1.80. The summed E-state index contributed by atoms with van der Waals surface area (Å²) in [5.74, 6) is 0.430. The van der Waals surface area contributed by atoms with Crippen LogP contribution in [0, 0.1) is 0 Å². The molecule has 0 fully saturated rings. The summed E-state index contributed by atoms with van der Waals surface area (Å²) < 4.78 is 2.65. The predicted molar refractivity (Wildman–Crippen MR) is 90.8 cm³/mol. The fourth-order valence-electron chi connectivity index (χ4n) is 1.98. The number of hydrogen-bond donors (Lipinski definition) is 1. The Bertz CT molecular complexity index is 811. The molecule has 0 unspecified atom stereocenters. The highest BCUT2D eigenvalue weighted by Crippen LogP contribution is 2.26. The van der Waals surface area contributed by atoms with Crippen LogP contribution in [0.25, 0.3) is 10.6 Å². The molecule has 1 N–H and O–H groups in total. The normalized spacial score (nSPS) is 10.6. The molecule has 0 spiro atoms. The molecule has 2 heterocycles. The second-order valence-corrected chi connectivity index (χ2v) is 6.53. The molecule has 1 aromatic carbocycles. The second kappa shape index (κ2) is 6.41. The van der Waals surface area contributed by atoms with Gasteiger partial charge in [-0.3, -0.25) is 9.48 Å². The molecule has 112 valence electrons. The molecule has 0 atom stereocenters. The Morgan fingerprint density at radius 1 is 1.41 bits per heavy atom. The lowest BCUT2D eigenvalue weighted by Gasteiger charge is -1.99. The van der Waals surface area contributed by atoms with Crippen LogP contribution in [0.1, 0.15) is 5.69 Å². The largest absolute Gasteiger partial charge is 0.309 e. The number of nitrogens with one attached hydrogen (secondary N) is 1. The zero-order valence-corrected chi connectivity index (χ0v) is 14.2. The lowest BCUT2D eigenvalue weighted by molar-refractivity contribution is -0.115. The fourth-order valence-corrected chi connectivity index (χ4v) is 3.19. The van der Waals surface area contributed by atoms with Gasteiger partial charge in [0.2, 0.25) is 5.91 Å². The number of aromatic nitrogens is 3. The lowest BCUT2D eigenvalue weighted by Crippen LogP contribution is -2.15. The first-order valence-corrected chi connectivity index (χ1v) is 8.27. The van der Waals surface area contributed by atoms with Crippen LogP contribution in [0.4, 0.5) is 5.82 Å². The monoisotopic (exact) mass is 376 g/mol. The van der Waals surface area contributed by atoms with E-state index in [1.807, 2.05) is 29.6 Å². The number of aryl methyl sites for hydroxylation is 1. The summed E-state index contributed by atoms with van der Waals surface area (Å²) in [4.78, 5) is 16.5. The van der Waals surface area contributed by atoms with Gasteiger partial charge in [0.25, 0.3) is 0 Å². The first-order chi connectivity index (χ1) is 10.6. The van der Waals surface area contributed by atoms with Gasteiger partial charge in [-0.05, 0) is 12.1 Å². The van der Waals surface area contributed by atoms with Crippen LogP contribution in [0.5, 0.6) is 0 Å². The van der Waals surface area contributed by atoms with E-state index in [-0.39, 0.29) is 12.3 Å². The Kier molecular flexibility index (Phi) is 4.35. The van der Waals surface area contributed by atoms with Crippen molar-refractivity contribution < 1.29 is 4.79 Å². The van der Waals surface area contributed by atoms with E-state index in [0.29, 0.717) is 5.82 Å². The van der Waals surface area contributed by atoms with Gasteiger partial charge in [-0.1, -0.05) is 28.1 Å². The van der Waals surface area contributed by atoms with E-state index < -0.39 is 0 Å². The average molecular weight is 377 g/mol. The summed E-state index contributed by atoms with van der Waals surface area (Å²) in [6, 6.07) is 9.70. The summed E-state index contributed by atoms with van der Waals surface area (Å²) >= 11 is 4.98. The van der Waals surface area contributed by atoms with E-state index >= 15 is 0 Å². The number of carbonyl (C=O) groups excluding carboxylic acids is 1. The van der Waals surface area contributed by atoms with Gasteiger partial charge in [-0.15, -0.1) is 11.3 Å². The minimum atomic E-state index is -0.121. The molecule has 3 aromatic rings. The van der Waals surface area contributed by atoms with Crippen molar-refractivity contribution in [2.24, 2.45) is 7.05 Å². The van der Waals surface area contributed by atoms with Crippen molar-refractivity contribution in [1.29, 1.82) is 0 Å². The minimum Gasteiger partial charge on any atom is -0.309 e. The van der Waals surface area contributed by atoms with Crippen molar-refractivity contribution in [3.05, 3.63) is 52.1 Å². The van der Waals surface area contributed by atoms with E-state index in [1.54, 1.807) is 24.0 Å². The summed E-state index contributed by atoms with van der Waals surface area (Å²) in [6.07, 6.45) is 2.02. The molecule has 0 aliphatic carbocycles. The topological polar surface area (TPSA) is 59.8 Å². The number of benzene rings is 1. The summed E-state index contributed by atoms with van der Waals surface area (Å²) in [6.45, 7) is 0. The van der Waals surface area contributed by atoms with Crippen molar-refractivity contribution >= 4 is 39.0 Å². The van der Waals surface area contributed by atoms with Gasteiger partial charge in [0.1, 0.15) is 5.01 Å². The molecule has 0 radical (unpaired) electrons. The van der Waals surface area contributed by atoms with Gasteiger partial charge >= 0.3 is 0 Å². The number of anilines is 1. The number of hydrogen-bond acceptors (Lipinski definition) is 4. The molecule has 0 aliphatic heterocycles. The van der Waals surface area contributed by atoms with Gasteiger partial charge in [-0.25, -0.2) is 4.98 Å². The van der Waals surface area contributed by atoms with Crippen LogP contribution in [0.15, 0.2) is 46.4 Å². The first-order valence-electron chi connectivity index (χ1n) is 6.60. The maximum atomic E-state index is 12.0. The highest BCUT2D eigenvalue weighted by atomic mass is 79.9. The maximum absolute atomic E-state index is 12.0. The molecule has 1 amide bonds. The zero-order valence-electron chi connectivity index (χ0n) is 11.8. The standard InChI is InChI=1S/C15H13BrN4OS/c1-20-6-5-13(19-20)18-14(21)8-12-9-22-15(17-12)10-3-2-4-11(16)7-10/h2-7,9H,8H2,1H3,(H,18,19,21). The Morgan fingerprint density at radius 3 is 3.00 bits per heavy atom. The number of nitrogens with zero attached hydrogens (tertiary/aromatic N) is 3. The number of rotatable bonds is 4. The van der Waals surface area contributed by atoms with Gasteiger partial charge in [0.05, 0.1) is 12.1 Å². The third kappa shape index (κ3) is 3.61. The highest BCUT2D eigenvalue weighted by molar-refractivity contribution is 9.10. The maximum Gasteiger partial charge on any atom is 0.231 e. The van der Waals surface area contributed by atoms with E-state index in [4.69, 9.17) is 0 Å². The van der Waals surface area contributed by atoms with Gasteiger partial charge in [0.15, 0.2) is 5.82 Å². The number of halogens is 1. The third-order valence-electron chi connectivity index (χ3n) is 2.95. The molecular formula is C15H13BrN4OS. The van der Waals surface area contributed by atoms with Crippen molar-refractivity contribution in [2.75, 3.05) is 5.32 Å². The van der Waals surface area contributed by atoms with Crippen molar-refractivity contribution in [3.63, 3.8) is 0 Å². The minimum absolute atomic E-state index is 0.121. The van der Waals surface area contributed by atoms with E-state index in [0.717, 1.165) is 20.7 Å². The fraction of sp³-hybridized carbons (Fsp3) is 0.133. The molecule has 3 rings (SSSR count). The Morgan fingerprint density at radius 2 is 2.27 bits per heavy atom. The molecule has 7 heteroatoms.